The third kappa shape index (κ3) is 3.54. The van der Waals surface area contributed by atoms with Crippen LogP contribution in [0.1, 0.15) is 16.1 Å². The predicted octanol–water partition coefficient (Wildman–Crippen LogP) is 2.20. The van der Waals surface area contributed by atoms with E-state index in [1.807, 2.05) is 18.2 Å². The number of carbonyl (C=O) groups excluding carboxylic acids is 1. The Morgan fingerprint density at radius 3 is 2.85 bits per heavy atom. The number of hydrogen-bond acceptors (Lipinski definition) is 3. The fourth-order valence-corrected chi connectivity index (χ4v) is 1.76. The van der Waals surface area contributed by atoms with Crippen molar-refractivity contribution >= 4 is 5.91 Å². The number of amides is 1. The first-order chi connectivity index (χ1) is 9.70. The van der Waals surface area contributed by atoms with Gasteiger partial charge in [0.05, 0.1) is 7.11 Å². The molecule has 0 spiro atoms. The Balaban J connectivity index is 1.90. The highest BCUT2D eigenvalue weighted by atomic mass is 19.1. The third-order valence-corrected chi connectivity index (χ3v) is 2.81. The lowest BCUT2D eigenvalue weighted by Crippen LogP contribution is -2.26. The van der Waals surface area contributed by atoms with Crippen LogP contribution in [0, 0.1) is 5.82 Å². The summed E-state index contributed by atoms with van der Waals surface area (Å²) in [7, 11) is 1.38. The fraction of sp³-hybridized carbons (Fsp3) is 0.200. The van der Waals surface area contributed by atoms with E-state index in [9.17, 15) is 9.18 Å². The van der Waals surface area contributed by atoms with E-state index in [0.29, 0.717) is 13.0 Å². The second-order valence-electron chi connectivity index (χ2n) is 4.18. The highest BCUT2D eigenvalue weighted by Gasteiger charge is 2.09. The molecule has 1 heterocycles. The van der Waals surface area contributed by atoms with E-state index in [2.05, 4.69) is 10.3 Å². The number of ether oxygens (including phenoxy) is 1. The number of nitrogens with one attached hydrogen (secondary N) is 1. The van der Waals surface area contributed by atoms with E-state index in [1.54, 1.807) is 6.20 Å². The van der Waals surface area contributed by atoms with Gasteiger partial charge in [-0.2, -0.15) is 0 Å². The Morgan fingerprint density at radius 2 is 2.20 bits per heavy atom. The van der Waals surface area contributed by atoms with Gasteiger partial charge in [0.25, 0.3) is 5.91 Å². The summed E-state index contributed by atoms with van der Waals surface area (Å²) in [5, 5.41) is 2.73. The van der Waals surface area contributed by atoms with Crippen LogP contribution in [0.2, 0.25) is 0 Å². The summed E-state index contributed by atoms with van der Waals surface area (Å²) in [6.45, 7) is 0.448. The molecule has 4 nitrogen and oxygen atoms in total. The molecule has 1 amide bonds. The van der Waals surface area contributed by atoms with E-state index in [0.717, 1.165) is 11.8 Å². The van der Waals surface area contributed by atoms with Crippen LogP contribution in [0.3, 0.4) is 0 Å². The SMILES string of the molecule is COc1ccc(C(=O)NCCc2ccccn2)cc1F. The van der Waals surface area contributed by atoms with E-state index < -0.39 is 5.82 Å². The molecule has 0 atom stereocenters. The first-order valence-corrected chi connectivity index (χ1v) is 6.22. The van der Waals surface area contributed by atoms with Crippen molar-refractivity contribution in [3.63, 3.8) is 0 Å². The van der Waals surface area contributed by atoms with Gasteiger partial charge < -0.3 is 10.1 Å². The summed E-state index contributed by atoms with van der Waals surface area (Å²) in [5.74, 6) is -0.748. The summed E-state index contributed by atoms with van der Waals surface area (Å²) in [5.41, 5.74) is 1.16. The molecule has 2 rings (SSSR count). The third-order valence-electron chi connectivity index (χ3n) is 2.81. The minimum Gasteiger partial charge on any atom is -0.494 e. The van der Waals surface area contributed by atoms with Crippen molar-refractivity contribution in [2.24, 2.45) is 0 Å². The highest BCUT2D eigenvalue weighted by molar-refractivity contribution is 5.94. The van der Waals surface area contributed by atoms with Crippen molar-refractivity contribution in [2.75, 3.05) is 13.7 Å². The number of pyridine rings is 1. The van der Waals surface area contributed by atoms with Gasteiger partial charge >= 0.3 is 0 Å². The second kappa shape index (κ2) is 6.65. The Morgan fingerprint density at radius 1 is 1.35 bits per heavy atom. The molecule has 0 radical (unpaired) electrons. The minimum atomic E-state index is -0.551. The Bertz CT molecular complexity index is 588. The molecular formula is C15H15FN2O2. The smallest absolute Gasteiger partial charge is 0.251 e. The van der Waals surface area contributed by atoms with Gasteiger partial charge in [-0.15, -0.1) is 0 Å². The summed E-state index contributed by atoms with van der Waals surface area (Å²) >= 11 is 0. The monoisotopic (exact) mass is 274 g/mol. The lowest BCUT2D eigenvalue weighted by Gasteiger charge is -2.07. The summed E-state index contributed by atoms with van der Waals surface area (Å²) < 4.78 is 18.3. The number of aromatic nitrogens is 1. The van der Waals surface area contributed by atoms with Crippen LogP contribution in [0.5, 0.6) is 5.75 Å². The van der Waals surface area contributed by atoms with Gasteiger partial charge in [0.2, 0.25) is 0 Å². The topological polar surface area (TPSA) is 51.2 Å². The summed E-state index contributed by atoms with van der Waals surface area (Å²) in [4.78, 5) is 16.0. The molecule has 0 unspecified atom stereocenters. The zero-order chi connectivity index (χ0) is 14.4. The predicted molar refractivity (Wildman–Crippen MR) is 73.2 cm³/mol. The molecule has 0 saturated heterocycles. The maximum absolute atomic E-state index is 13.5. The molecule has 20 heavy (non-hydrogen) atoms. The molecule has 0 bridgehead atoms. The second-order valence-corrected chi connectivity index (χ2v) is 4.18. The largest absolute Gasteiger partial charge is 0.494 e. The number of hydrogen-bond donors (Lipinski definition) is 1. The fourth-order valence-electron chi connectivity index (χ4n) is 1.76. The lowest BCUT2D eigenvalue weighted by molar-refractivity contribution is 0.0953. The Labute approximate surface area is 116 Å². The van der Waals surface area contributed by atoms with Crippen LogP contribution in [0.4, 0.5) is 4.39 Å². The molecule has 0 fully saturated rings. The number of carbonyl (C=O) groups is 1. The maximum atomic E-state index is 13.5. The number of methoxy groups -OCH3 is 1. The van der Waals surface area contributed by atoms with Crippen LogP contribution in [-0.2, 0) is 6.42 Å². The van der Waals surface area contributed by atoms with Gasteiger partial charge in [-0.25, -0.2) is 4.39 Å². The minimum absolute atomic E-state index is 0.120. The molecular weight excluding hydrogens is 259 g/mol. The van der Waals surface area contributed by atoms with Crippen LogP contribution >= 0.6 is 0 Å². The maximum Gasteiger partial charge on any atom is 0.251 e. The zero-order valence-corrected chi connectivity index (χ0v) is 11.1. The van der Waals surface area contributed by atoms with Gasteiger partial charge in [0, 0.05) is 30.4 Å². The quantitative estimate of drug-likeness (QED) is 0.909. The van der Waals surface area contributed by atoms with Crippen LogP contribution in [0.25, 0.3) is 0 Å². The van der Waals surface area contributed by atoms with E-state index in [4.69, 9.17) is 4.74 Å². The van der Waals surface area contributed by atoms with Gasteiger partial charge in [0.15, 0.2) is 11.6 Å². The van der Waals surface area contributed by atoms with Gasteiger partial charge in [0.1, 0.15) is 0 Å². The molecule has 0 aliphatic carbocycles. The number of nitrogens with zero attached hydrogens (tertiary/aromatic N) is 1. The standard InChI is InChI=1S/C15H15FN2O2/c1-20-14-6-5-11(10-13(14)16)15(19)18-9-7-12-4-2-3-8-17-12/h2-6,8,10H,7,9H2,1H3,(H,18,19). The van der Waals surface area contributed by atoms with Crippen molar-refractivity contribution in [2.45, 2.75) is 6.42 Å². The number of rotatable bonds is 5. The zero-order valence-electron chi connectivity index (χ0n) is 11.1. The highest BCUT2D eigenvalue weighted by Crippen LogP contribution is 2.17. The van der Waals surface area contributed by atoms with Crippen molar-refractivity contribution in [3.05, 3.63) is 59.7 Å². The van der Waals surface area contributed by atoms with Gasteiger partial charge in [-0.05, 0) is 30.3 Å². The summed E-state index contributed by atoms with van der Waals surface area (Å²) in [6.07, 6.45) is 2.33. The van der Waals surface area contributed by atoms with Gasteiger partial charge in [-0.1, -0.05) is 6.07 Å². The molecule has 104 valence electrons. The van der Waals surface area contributed by atoms with Crippen LogP contribution in [-0.4, -0.2) is 24.5 Å². The molecule has 5 heteroatoms. The molecule has 2 aromatic rings. The van der Waals surface area contributed by atoms with Crippen molar-refractivity contribution in [1.82, 2.24) is 10.3 Å². The van der Waals surface area contributed by atoms with Crippen molar-refractivity contribution in [1.29, 1.82) is 0 Å². The molecule has 1 N–H and O–H groups in total. The lowest BCUT2D eigenvalue weighted by atomic mass is 10.2. The Kier molecular flexibility index (Phi) is 4.65. The van der Waals surface area contributed by atoms with Gasteiger partial charge in [-0.3, -0.25) is 9.78 Å². The molecule has 0 saturated carbocycles. The molecule has 1 aromatic carbocycles. The molecule has 0 aliphatic rings. The van der Waals surface area contributed by atoms with E-state index >= 15 is 0 Å². The summed E-state index contributed by atoms with van der Waals surface area (Å²) in [6, 6.07) is 9.74. The van der Waals surface area contributed by atoms with Crippen molar-refractivity contribution in [3.8, 4) is 5.75 Å². The normalized spacial score (nSPS) is 10.1. The molecule has 0 aliphatic heterocycles. The molecule has 1 aromatic heterocycles. The van der Waals surface area contributed by atoms with E-state index in [1.165, 1.54) is 19.2 Å². The van der Waals surface area contributed by atoms with Crippen molar-refractivity contribution < 1.29 is 13.9 Å². The Hall–Kier alpha value is -2.43. The first-order valence-electron chi connectivity index (χ1n) is 6.22. The van der Waals surface area contributed by atoms with E-state index in [-0.39, 0.29) is 17.2 Å². The number of benzene rings is 1. The van der Waals surface area contributed by atoms with Crippen LogP contribution in [0.15, 0.2) is 42.6 Å². The first kappa shape index (κ1) is 14.0. The number of halogens is 1. The average Bonchev–Trinajstić information content (AvgIpc) is 2.48. The van der Waals surface area contributed by atoms with Crippen LogP contribution < -0.4 is 10.1 Å². The average molecular weight is 274 g/mol.